The molecule has 1 saturated heterocycles. The molecular formula is C16H22F3IN6S. The predicted molar refractivity (Wildman–Crippen MR) is 112 cm³/mol. The van der Waals surface area contributed by atoms with Gasteiger partial charge in [-0.15, -0.1) is 35.3 Å². The molecule has 2 aromatic heterocycles. The van der Waals surface area contributed by atoms with E-state index >= 15 is 0 Å². The lowest BCUT2D eigenvalue weighted by molar-refractivity contribution is -0.141. The van der Waals surface area contributed by atoms with Crippen molar-refractivity contribution < 1.29 is 13.2 Å². The van der Waals surface area contributed by atoms with E-state index in [1.165, 1.54) is 17.4 Å². The zero-order valence-corrected chi connectivity index (χ0v) is 18.0. The molecule has 1 fully saturated rings. The fraction of sp³-hybridized carbons (Fsp3) is 0.500. The Balaban J connectivity index is 0.00000261. The number of hydrogen-bond donors (Lipinski definition) is 1. The third-order valence-corrected chi connectivity index (χ3v) is 5.09. The molecule has 0 spiro atoms. The van der Waals surface area contributed by atoms with Gasteiger partial charge in [0.05, 0.1) is 11.5 Å². The van der Waals surface area contributed by atoms with Crippen LogP contribution in [0.1, 0.15) is 5.82 Å². The van der Waals surface area contributed by atoms with Crippen molar-refractivity contribution in [3.8, 4) is 0 Å². The van der Waals surface area contributed by atoms with Crippen LogP contribution in [0.15, 0.2) is 34.9 Å². The van der Waals surface area contributed by atoms with Crippen LogP contribution in [0.2, 0.25) is 0 Å². The third kappa shape index (κ3) is 5.99. The Kier molecular flexibility index (Phi) is 7.77. The highest BCUT2D eigenvalue weighted by atomic mass is 127. The molecule has 11 heteroatoms. The molecule has 3 heterocycles. The number of guanidine groups is 1. The molecule has 150 valence electrons. The second-order valence-electron chi connectivity index (χ2n) is 5.91. The average molecular weight is 514 g/mol. The maximum atomic E-state index is 12.6. The third-order valence-electron chi connectivity index (χ3n) is 4.16. The van der Waals surface area contributed by atoms with E-state index < -0.39 is 12.7 Å². The van der Waals surface area contributed by atoms with Gasteiger partial charge >= 0.3 is 6.18 Å². The Hall–Kier alpha value is -1.50. The lowest BCUT2D eigenvalue weighted by atomic mass is 10.3. The van der Waals surface area contributed by atoms with Crippen LogP contribution in [0.5, 0.6) is 0 Å². The summed E-state index contributed by atoms with van der Waals surface area (Å²) in [5.74, 6) is 1.01. The Morgan fingerprint density at radius 1 is 1.30 bits per heavy atom. The van der Waals surface area contributed by atoms with Gasteiger partial charge in [-0.1, -0.05) is 0 Å². The zero-order valence-electron chi connectivity index (χ0n) is 14.8. The SMILES string of the molecule is CN=C(NCc1nccn1CC(F)(F)F)N1CCN(c2cccs2)CC1.I. The summed E-state index contributed by atoms with van der Waals surface area (Å²) in [6.07, 6.45) is -1.55. The number of nitrogens with one attached hydrogen (secondary N) is 1. The van der Waals surface area contributed by atoms with Crippen LogP contribution in [0.4, 0.5) is 18.2 Å². The monoisotopic (exact) mass is 514 g/mol. The molecule has 0 radical (unpaired) electrons. The number of thiophene rings is 1. The van der Waals surface area contributed by atoms with Gasteiger partial charge in [0.15, 0.2) is 5.96 Å². The number of imidazole rings is 1. The number of anilines is 1. The van der Waals surface area contributed by atoms with E-state index in [4.69, 9.17) is 0 Å². The molecule has 1 aliphatic heterocycles. The quantitative estimate of drug-likeness (QED) is 0.388. The summed E-state index contributed by atoms with van der Waals surface area (Å²) in [6, 6.07) is 4.14. The van der Waals surface area contributed by atoms with Gasteiger partial charge in [-0.05, 0) is 17.5 Å². The molecule has 0 amide bonds. The number of hydrogen-bond acceptors (Lipinski definition) is 4. The van der Waals surface area contributed by atoms with Crippen LogP contribution in [-0.2, 0) is 13.1 Å². The molecule has 6 nitrogen and oxygen atoms in total. The Bertz CT molecular complexity index is 723. The molecule has 0 saturated carbocycles. The van der Waals surface area contributed by atoms with E-state index in [-0.39, 0.29) is 30.5 Å². The van der Waals surface area contributed by atoms with Gasteiger partial charge in [-0.2, -0.15) is 13.2 Å². The molecule has 1 aliphatic rings. The first kappa shape index (κ1) is 21.8. The Labute approximate surface area is 177 Å². The van der Waals surface area contributed by atoms with Crippen LogP contribution in [-0.4, -0.2) is 59.8 Å². The van der Waals surface area contributed by atoms with Crippen molar-refractivity contribution in [1.82, 2.24) is 19.8 Å². The van der Waals surface area contributed by atoms with Gasteiger partial charge in [0, 0.05) is 45.6 Å². The summed E-state index contributed by atoms with van der Waals surface area (Å²) in [5, 5.41) is 6.44. The smallest absolute Gasteiger partial charge is 0.360 e. The lowest BCUT2D eigenvalue weighted by Gasteiger charge is -2.37. The van der Waals surface area contributed by atoms with Crippen molar-refractivity contribution in [1.29, 1.82) is 0 Å². The van der Waals surface area contributed by atoms with Crippen LogP contribution in [0, 0.1) is 0 Å². The maximum absolute atomic E-state index is 12.6. The summed E-state index contributed by atoms with van der Waals surface area (Å²) in [4.78, 5) is 12.7. The first-order chi connectivity index (χ1) is 12.5. The van der Waals surface area contributed by atoms with Crippen molar-refractivity contribution >= 4 is 46.3 Å². The predicted octanol–water partition coefficient (Wildman–Crippen LogP) is 3.02. The largest absolute Gasteiger partial charge is 0.406 e. The second kappa shape index (κ2) is 9.62. The van der Waals surface area contributed by atoms with Crippen LogP contribution in [0.3, 0.4) is 0 Å². The summed E-state index contributed by atoms with van der Waals surface area (Å²) in [7, 11) is 1.68. The molecule has 0 bridgehead atoms. The van der Waals surface area contributed by atoms with Crippen molar-refractivity contribution in [3.05, 3.63) is 35.7 Å². The number of rotatable bonds is 4. The van der Waals surface area contributed by atoms with Crippen molar-refractivity contribution in [2.45, 2.75) is 19.3 Å². The van der Waals surface area contributed by atoms with E-state index in [2.05, 4.69) is 36.5 Å². The number of aliphatic imine (C=N–C) groups is 1. The van der Waals surface area contributed by atoms with E-state index in [9.17, 15) is 13.2 Å². The standard InChI is InChI=1S/C16H21F3N6S.HI/c1-20-15(22-11-13-21-4-5-25(13)12-16(17,18)19)24-8-6-23(7-9-24)14-3-2-10-26-14;/h2-5,10H,6-9,11-12H2,1H3,(H,20,22);1H. The zero-order chi connectivity index (χ0) is 18.6. The molecule has 0 unspecified atom stereocenters. The average Bonchev–Trinajstić information content (AvgIpc) is 3.27. The van der Waals surface area contributed by atoms with Crippen LogP contribution >= 0.6 is 35.3 Å². The molecular weight excluding hydrogens is 492 g/mol. The molecule has 0 aliphatic carbocycles. The number of aromatic nitrogens is 2. The number of alkyl halides is 3. The topological polar surface area (TPSA) is 48.7 Å². The lowest BCUT2D eigenvalue weighted by Crippen LogP contribution is -2.52. The fourth-order valence-electron chi connectivity index (χ4n) is 2.92. The molecule has 0 atom stereocenters. The molecule has 2 aromatic rings. The van der Waals surface area contributed by atoms with Gasteiger partial charge < -0.3 is 19.7 Å². The Morgan fingerprint density at radius 3 is 2.63 bits per heavy atom. The summed E-state index contributed by atoms with van der Waals surface area (Å²) < 4.78 is 38.9. The number of piperazine rings is 1. The first-order valence-corrected chi connectivity index (χ1v) is 9.15. The van der Waals surface area contributed by atoms with Crippen LogP contribution in [0.25, 0.3) is 0 Å². The highest BCUT2D eigenvalue weighted by molar-refractivity contribution is 14.0. The van der Waals surface area contributed by atoms with Gasteiger partial charge in [0.1, 0.15) is 12.4 Å². The normalized spacial score (nSPS) is 15.6. The highest BCUT2D eigenvalue weighted by Gasteiger charge is 2.29. The second-order valence-corrected chi connectivity index (χ2v) is 6.84. The minimum absolute atomic E-state index is 0. The minimum atomic E-state index is -4.27. The van der Waals surface area contributed by atoms with Crippen molar-refractivity contribution in [3.63, 3.8) is 0 Å². The molecule has 3 rings (SSSR count). The summed E-state index contributed by atoms with van der Waals surface area (Å²) in [5.41, 5.74) is 0. The Morgan fingerprint density at radius 2 is 2.04 bits per heavy atom. The van der Waals surface area contributed by atoms with Crippen molar-refractivity contribution in [2.24, 2.45) is 4.99 Å². The van der Waals surface area contributed by atoms with E-state index in [0.717, 1.165) is 30.7 Å². The van der Waals surface area contributed by atoms with Gasteiger partial charge in [0.25, 0.3) is 0 Å². The fourth-order valence-corrected chi connectivity index (χ4v) is 3.71. The van der Waals surface area contributed by atoms with Crippen LogP contribution < -0.4 is 10.2 Å². The van der Waals surface area contributed by atoms with E-state index in [1.54, 1.807) is 18.4 Å². The van der Waals surface area contributed by atoms with Gasteiger partial charge in [0.2, 0.25) is 0 Å². The molecule has 27 heavy (non-hydrogen) atoms. The number of nitrogens with zero attached hydrogens (tertiary/aromatic N) is 5. The van der Waals surface area contributed by atoms with Crippen molar-refractivity contribution in [2.75, 3.05) is 38.1 Å². The van der Waals surface area contributed by atoms with Gasteiger partial charge in [-0.25, -0.2) is 4.98 Å². The summed E-state index contributed by atoms with van der Waals surface area (Å²) >= 11 is 1.72. The maximum Gasteiger partial charge on any atom is 0.406 e. The van der Waals surface area contributed by atoms with E-state index in [0.29, 0.717) is 11.8 Å². The molecule has 0 aromatic carbocycles. The molecule has 1 N–H and O–H groups in total. The minimum Gasteiger partial charge on any atom is -0.360 e. The van der Waals surface area contributed by atoms with E-state index in [1.807, 2.05) is 6.07 Å². The summed E-state index contributed by atoms with van der Waals surface area (Å²) in [6.45, 7) is 2.51. The first-order valence-electron chi connectivity index (χ1n) is 8.27. The highest BCUT2D eigenvalue weighted by Crippen LogP contribution is 2.22. The van der Waals surface area contributed by atoms with Gasteiger partial charge in [-0.3, -0.25) is 4.99 Å². The number of halogens is 4.